The summed E-state index contributed by atoms with van der Waals surface area (Å²) in [4.78, 5) is 66.5. The van der Waals surface area contributed by atoms with E-state index >= 15 is 0 Å². The molecule has 210 valence electrons. The Balaban J connectivity index is 1.40. The predicted octanol–water partition coefficient (Wildman–Crippen LogP) is 5.87. The van der Waals surface area contributed by atoms with E-state index in [1.807, 2.05) is 6.92 Å². The van der Waals surface area contributed by atoms with Gasteiger partial charge in [0.05, 0.1) is 28.0 Å². The first-order valence-corrected chi connectivity index (χ1v) is 13.9. The van der Waals surface area contributed by atoms with Crippen LogP contribution in [0.3, 0.4) is 0 Å². The second-order valence-electron chi connectivity index (χ2n) is 10.3. The maximum absolute atomic E-state index is 13.7. The first-order valence-electron chi connectivity index (χ1n) is 13.2. The average Bonchev–Trinajstić information content (AvgIpc) is 3.20. The number of ketones is 1. The first-order chi connectivity index (χ1) is 19.6. The van der Waals surface area contributed by atoms with Crippen LogP contribution in [-0.4, -0.2) is 46.0 Å². The molecule has 3 aromatic rings. The van der Waals surface area contributed by atoms with E-state index in [4.69, 9.17) is 27.9 Å². The van der Waals surface area contributed by atoms with Crippen LogP contribution in [0.25, 0.3) is 0 Å². The maximum Gasteiger partial charge on any atom is 0.343 e. The van der Waals surface area contributed by atoms with E-state index in [1.165, 1.54) is 42.5 Å². The molecule has 1 saturated carbocycles. The highest BCUT2D eigenvalue weighted by molar-refractivity contribution is 6.36. The van der Waals surface area contributed by atoms with Gasteiger partial charge in [-0.1, -0.05) is 48.3 Å². The lowest BCUT2D eigenvalue weighted by Crippen LogP contribution is -2.52. The van der Waals surface area contributed by atoms with Gasteiger partial charge in [0, 0.05) is 10.6 Å². The zero-order valence-corrected chi connectivity index (χ0v) is 23.6. The number of fused-ring (bicyclic) bond motifs is 1. The van der Waals surface area contributed by atoms with Gasteiger partial charge in [0.1, 0.15) is 12.3 Å². The van der Waals surface area contributed by atoms with Crippen LogP contribution in [0.2, 0.25) is 10.0 Å². The largest absolute Gasteiger partial charge is 0.423 e. The Morgan fingerprint density at radius 3 is 2.24 bits per heavy atom. The smallest absolute Gasteiger partial charge is 0.343 e. The molecule has 1 saturated heterocycles. The van der Waals surface area contributed by atoms with Crippen molar-refractivity contribution < 1.29 is 28.7 Å². The van der Waals surface area contributed by atoms with E-state index < -0.39 is 47.9 Å². The Hall–Kier alpha value is -4.01. The van der Waals surface area contributed by atoms with E-state index in [9.17, 15) is 24.0 Å². The summed E-state index contributed by atoms with van der Waals surface area (Å²) >= 11 is 12.3. The number of rotatable bonds is 7. The minimum Gasteiger partial charge on any atom is -0.423 e. The van der Waals surface area contributed by atoms with Gasteiger partial charge in [-0.25, -0.2) is 9.80 Å². The number of hydrogen-bond donors (Lipinski definition) is 0. The Morgan fingerprint density at radius 2 is 1.56 bits per heavy atom. The molecule has 2 aliphatic rings. The molecule has 0 bridgehead atoms. The minimum atomic E-state index is -0.776. The number of Topliss-reactive ketones (excluding diaryl/α,β-unsaturated/α-hetero) is 1. The molecule has 2 fully saturated rings. The summed E-state index contributed by atoms with van der Waals surface area (Å²) in [5.74, 6) is -3.46. The number of hydrazine groups is 1. The molecule has 0 N–H and O–H groups in total. The Kier molecular flexibility index (Phi) is 8.24. The monoisotopic (exact) mass is 592 g/mol. The van der Waals surface area contributed by atoms with Gasteiger partial charge in [-0.05, 0) is 79.8 Å². The van der Waals surface area contributed by atoms with Gasteiger partial charge in [-0.3, -0.25) is 19.2 Å². The van der Waals surface area contributed by atoms with Crippen molar-refractivity contribution in [2.75, 3.05) is 6.54 Å². The molecule has 8 nitrogen and oxygen atoms in total. The number of imide groups is 1. The lowest BCUT2D eigenvalue weighted by atomic mass is 9.76. The summed E-state index contributed by atoms with van der Waals surface area (Å²) in [5.41, 5.74) is 0.558. The fourth-order valence-corrected chi connectivity index (χ4v) is 5.81. The number of esters is 1. The Morgan fingerprint density at radius 1 is 0.878 bits per heavy atom. The molecule has 0 radical (unpaired) electrons. The fraction of sp³-hybridized carbons (Fsp3) is 0.258. The second kappa shape index (κ2) is 11.8. The van der Waals surface area contributed by atoms with E-state index in [1.54, 1.807) is 30.3 Å². The first kappa shape index (κ1) is 28.5. The van der Waals surface area contributed by atoms with Crippen LogP contribution in [0, 0.1) is 17.8 Å². The molecule has 3 amide bonds. The van der Waals surface area contributed by atoms with E-state index in [0.717, 1.165) is 16.4 Å². The molecule has 1 aliphatic carbocycles. The van der Waals surface area contributed by atoms with Crippen molar-refractivity contribution >= 4 is 52.7 Å². The van der Waals surface area contributed by atoms with Crippen molar-refractivity contribution in [2.45, 2.75) is 26.2 Å². The summed E-state index contributed by atoms with van der Waals surface area (Å²) in [7, 11) is 0. The standard InChI is InChI=1S/C31H26Cl2N2O6/c1-18-7-13-23-25(15-18)30(39)35(29(23)38)34(28(37)24-14-10-21(32)16-26(24)33)17-27(36)19-8-11-22(12-9-19)41-31(40)20-5-3-2-4-6-20/h2-6,8-12,14,16,18,23,25H,7,13,15,17H2,1H3/t18-,23+,25-/m1/s1. The van der Waals surface area contributed by atoms with Crippen molar-refractivity contribution in [2.24, 2.45) is 17.8 Å². The fourth-order valence-electron chi connectivity index (χ4n) is 5.32. The van der Waals surface area contributed by atoms with Crippen LogP contribution in [0.15, 0.2) is 72.8 Å². The van der Waals surface area contributed by atoms with Crippen LogP contribution < -0.4 is 4.74 Å². The molecule has 0 aromatic heterocycles. The third-order valence-electron chi connectivity index (χ3n) is 7.49. The molecule has 1 heterocycles. The number of benzene rings is 3. The minimum absolute atomic E-state index is 0.00382. The summed E-state index contributed by atoms with van der Waals surface area (Å²) in [6, 6.07) is 18.5. The lowest BCUT2D eigenvalue weighted by Gasteiger charge is -2.30. The van der Waals surface area contributed by atoms with Crippen LogP contribution >= 0.6 is 23.2 Å². The molecule has 1 aliphatic heterocycles. The van der Waals surface area contributed by atoms with E-state index in [2.05, 4.69) is 0 Å². The maximum atomic E-state index is 13.7. The molecule has 0 spiro atoms. The van der Waals surface area contributed by atoms with Crippen LogP contribution in [0.5, 0.6) is 5.75 Å². The van der Waals surface area contributed by atoms with Gasteiger partial charge in [0.15, 0.2) is 5.78 Å². The van der Waals surface area contributed by atoms with Gasteiger partial charge in [0.25, 0.3) is 17.7 Å². The topological polar surface area (TPSA) is 101 Å². The van der Waals surface area contributed by atoms with Crippen molar-refractivity contribution in [3.63, 3.8) is 0 Å². The van der Waals surface area contributed by atoms with Crippen LogP contribution in [0.4, 0.5) is 0 Å². The highest BCUT2D eigenvalue weighted by Gasteiger charge is 2.53. The normalized spacial score (nSPS) is 20.0. The number of carbonyl (C=O) groups excluding carboxylic acids is 5. The Bertz CT molecular complexity index is 1530. The number of ether oxygens (including phenoxy) is 1. The molecule has 3 atom stereocenters. The third-order valence-corrected chi connectivity index (χ3v) is 8.04. The summed E-state index contributed by atoms with van der Waals surface area (Å²) in [6.07, 6.45) is 1.87. The molecule has 10 heteroatoms. The summed E-state index contributed by atoms with van der Waals surface area (Å²) in [6.45, 7) is 1.44. The quantitative estimate of drug-likeness (QED) is 0.147. The van der Waals surface area contributed by atoms with Gasteiger partial charge in [-0.15, -0.1) is 0 Å². The molecular formula is C31H26Cl2N2O6. The second-order valence-corrected chi connectivity index (χ2v) is 11.2. The number of nitrogens with zero attached hydrogens (tertiary/aromatic N) is 2. The van der Waals surface area contributed by atoms with Crippen molar-refractivity contribution in [3.8, 4) is 5.75 Å². The molecule has 5 rings (SSSR count). The lowest BCUT2D eigenvalue weighted by molar-refractivity contribution is -0.154. The van der Waals surface area contributed by atoms with E-state index in [0.29, 0.717) is 23.4 Å². The van der Waals surface area contributed by atoms with Crippen molar-refractivity contribution in [3.05, 3.63) is 99.5 Å². The highest BCUT2D eigenvalue weighted by atomic mass is 35.5. The Labute approximate surface area is 246 Å². The summed E-state index contributed by atoms with van der Waals surface area (Å²) in [5, 5.41) is 2.04. The zero-order chi connectivity index (χ0) is 29.3. The van der Waals surface area contributed by atoms with Crippen molar-refractivity contribution in [1.82, 2.24) is 10.0 Å². The molecule has 41 heavy (non-hydrogen) atoms. The number of carbonyl (C=O) groups is 5. The predicted molar refractivity (Wildman–Crippen MR) is 152 cm³/mol. The SMILES string of the molecule is C[C@@H]1CC[C@@H]2C(=O)N(N(CC(=O)c3ccc(OC(=O)c4ccccc4)cc3)C(=O)c3ccc(Cl)cc3Cl)C(=O)[C@@H]2C1. The molecular weight excluding hydrogens is 567 g/mol. The highest BCUT2D eigenvalue weighted by Crippen LogP contribution is 2.41. The van der Waals surface area contributed by atoms with Gasteiger partial charge in [0.2, 0.25) is 0 Å². The molecule has 3 aromatic carbocycles. The van der Waals surface area contributed by atoms with Crippen molar-refractivity contribution in [1.29, 1.82) is 0 Å². The van der Waals surface area contributed by atoms with Gasteiger partial charge in [-0.2, -0.15) is 5.01 Å². The summed E-state index contributed by atoms with van der Waals surface area (Å²) < 4.78 is 5.37. The van der Waals surface area contributed by atoms with Gasteiger partial charge < -0.3 is 4.74 Å². The van der Waals surface area contributed by atoms with Gasteiger partial charge >= 0.3 is 5.97 Å². The third kappa shape index (κ3) is 5.89. The number of amides is 3. The zero-order valence-electron chi connectivity index (χ0n) is 22.1. The molecule has 0 unspecified atom stereocenters. The number of hydrogen-bond acceptors (Lipinski definition) is 6. The van der Waals surface area contributed by atoms with E-state index in [-0.39, 0.29) is 27.8 Å². The van der Waals surface area contributed by atoms with Crippen LogP contribution in [-0.2, 0) is 9.59 Å². The van der Waals surface area contributed by atoms with Crippen LogP contribution in [0.1, 0.15) is 57.3 Å². The average molecular weight is 593 g/mol. The number of halogens is 2.